The summed E-state index contributed by atoms with van der Waals surface area (Å²) < 4.78 is 3.11. The number of anilines is 1. The van der Waals surface area contributed by atoms with Gasteiger partial charge < -0.3 is 5.32 Å². The third kappa shape index (κ3) is 4.32. The first-order valence-corrected chi connectivity index (χ1v) is 8.53. The molecule has 5 heteroatoms. The zero-order chi connectivity index (χ0) is 16.3. The second-order valence-electron chi connectivity index (χ2n) is 5.96. The predicted octanol–water partition coefficient (Wildman–Crippen LogP) is 3.94. The number of benzene rings is 1. The Morgan fingerprint density at radius 3 is 2.73 bits per heavy atom. The van der Waals surface area contributed by atoms with Crippen LogP contribution in [0.25, 0.3) is 0 Å². The molecule has 0 aliphatic rings. The number of amides is 1. The van der Waals surface area contributed by atoms with Gasteiger partial charge in [-0.05, 0) is 60.6 Å². The van der Waals surface area contributed by atoms with Crippen LogP contribution in [0.1, 0.15) is 30.8 Å². The fraction of sp³-hybridized carbons (Fsp3) is 0.412. The Morgan fingerprint density at radius 1 is 1.36 bits per heavy atom. The van der Waals surface area contributed by atoms with Gasteiger partial charge in [0, 0.05) is 27.1 Å². The second-order valence-corrected chi connectivity index (χ2v) is 7.21. The Kier molecular flexibility index (Phi) is 5.61. The highest BCUT2D eigenvalue weighted by molar-refractivity contribution is 14.1. The van der Waals surface area contributed by atoms with Gasteiger partial charge in [0.05, 0.1) is 12.1 Å². The summed E-state index contributed by atoms with van der Waals surface area (Å²) in [5, 5.41) is 7.51. The summed E-state index contributed by atoms with van der Waals surface area (Å²) in [6.45, 7) is 9.22. The molecular weight excluding hydrogens is 389 g/mol. The van der Waals surface area contributed by atoms with Crippen molar-refractivity contribution < 1.29 is 4.79 Å². The van der Waals surface area contributed by atoms with E-state index >= 15 is 0 Å². The van der Waals surface area contributed by atoms with E-state index in [0.717, 1.165) is 32.8 Å². The molecule has 1 amide bonds. The van der Waals surface area contributed by atoms with Crippen LogP contribution in [0.15, 0.2) is 24.3 Å². The molecule has 0 aliphatic heterocycles. The fourth-order valence-corrected chi connectivity index (χ4v) is 2.99. The maximum atomic E-state index is 12.3. The average Bonchev–Trinajstić information content (AvgIpc) is 2.66. The zero-order valence-electron chi connectivity index (χ0n) is 13.5. The van der Waals surface area contributed by atoms with Crippen molar-refractivity contribution in [2.45, 2.75) is 40.7 Å². The van der Waals surface area contributed by atoms with E-state index in [2.05, 4.69) is 46.9 Å². The topological polar surface area (TPSA) is 46.9 Å². The maximum Gasteiger partial charge on any atom is 0.228 e. The van der Waals surface area contributed by atoms with Gasteiger partial charge in [0.15, 0.2) is 0 Å². The molecule has 0 fully saturated rings. The number of hydrogen-bond acceptors (Lipinski definition) is 2. The van der Waals surface area contributed by atoms with Crippen LogP contribution in [0.2, 0.25) is 0 Å². The lowest BCUT2D eigenvalue weighted by Gasteiger charge is -2.08. The minimum Gasteiger partial charge on any atom is -0.326 e. The van der Waals surface area contributed by atoms with Gasteiger partial charge in [-0.1, -0.05) is 19.9 Å². The average molecular weight is 411 g/mol. The lowest BCUT2D eigenvalue weighted by Crippen LogP contribution is -2.15. The molecule has 2 rings (SSSR count). The molecule has 4 nitrogen and oxygen atoms in total. The Morgan fingerprint density at radius 2 is 2.09 bits per heavy atom. The van der Waals surface area contributed by atoms with Gasteiger partial charge in [-0.15, -0.1) is 0 Å². The number of nitrogens with zero attached hydrogens (tertiary/aromatic N) is 2. The van der Waals surface area contributed by atoms with Crippen molar-refractivity contribution in [3.05, 3.63) is 44.8 Å². The van der Waals surface area contributed by atoms with Crippen LogP contribution in [-0.4, -0.2) is 15.7 Å². The van der Waals surface area contributed by atoms with Gasteiger partial charge in [-0.2, -0.15) is 5.10 Å². The van der Waals surface area contributed by atoms with Crippen molar-refractivity contribution in [1.29, 1.82) is 0 Å². The Balaban J connectivity index is 2.10. The Hall–Kier alpha value is -1.37. The third-order valence-electron chi connectivity index (χ3n) is 3.52. The minimum absolute atomic E-state index is 0.00250. The summed E-state index contributed by atoms with van der Waals surface area (Å²) in [6, 6.07) is 7.80. The van der Waals surface area contributed by atoms with Gasteiger partial charge >= 0.3 is 0 Å². The van der Waals surface area contributed by atoms with Gasteiger partial charge in [-0.3, -0.25) is 9.48 Å². The van der Waals surface area contributed by atoms with E-state index in [1.807, 2.05) is 42.8 Å². The first-order chi connectivity index (χ1) is 10.4. The van der Waals surface area contributed by atoms with Crippen molar-refractivity contribution in [3.8, 4) is 0 Å². The van der Waals surface area contributed by atoms with Crippen LogP contribution in [0, 0.1) is 23.3 Å². The van der Waals surface area contributed by atoms with E-state index in [0.29, 0.717) is 12.3 Å². The summed E-state index contributed by atoms with van der Waals surface area (Å²) in [5.41, 5.74) is 3.89. The number of aromatic nitrogens is 2. The Labute approximate surface area is 145 Å². The van der Waals surface area contributed by atoms with E-state index in [1.54, 1.807) is 0 Å². The number of aryl methyl sites for hydroxylation is 1. The number of hydrogen-bond donors (Lipinski definition) is 1. The van der Waals surface area contributed by atoms with E-state index in [9.17, 15) is 4.79 Å². The van der Waals surface area contributed by atoms with E-state index in [1.165, 1.54) is 0 Å². The first kappa shape index (κ1) is 17.0. The normalized spacial score (nSPS) is 11.0. The molecule has 0 radical (unpaired) electrons. The molecule has 118 valence electrons. The van der Waals surface area contributed by atoms with Crippen LogP contribution < -0.4 is 5.32 Å². The molecule has 1 N–H and O–H groups in total. The molecule has 0 unspecified atom stereocenters. The van der Waals surface area contributed by atoms with Crippen molar-refractivity contribution in [2.24, 2.45) is 5.92 Å². The highest BCUT2D eigenvalue weighted by Crippen LogP contribution is 2.17. The molecule has 0 saturated heterocycles. The number of nitrogens with one attached hydrogen (secondary N) is 1. The fourth-order valence-electron chi connectivity index (χ4n) is 2.45. The first-order valence-electron chi connectivity index (χ1n) is 7.45. The summed E-state index contributed by atoms with van der Waals surface area (Å²) >= 11 is 2.24. The lowest BCUT2D eigenvalue weighted by atomic mass is 10.1. The van der Waals surface area contributed by atoms with E-state index < -0.39 is 0 Å². The van der Waals surface area contributed by atoms with E-state index in [4.69, 9.17) is 0 Å². The number of carbonyl (C=O) groups is 1. The van der Waals surface area contributed by atoms with Crippen LogP contribution in [-0.2, 0) is 17.8 Å². The molecule has 2 aromatic rings. The van der Waals surface area contributed by atoms with Crippen molar-refractivity contribution in [3.63, 3.8) is 0 Å². The smallest absolute Gasteiger partial charge is 0.228 e. The second kappa shape index (κ2) is 7.26. The monoisotopic (exact) mass is 411 g/mol. The number of carbonyl (C=O) groups excluding carboxylic acids is 1. The highest BCUT2D eigenvalue weighted by atomic mass is 127. The van der Waals surface area contributed by atoms with Crippen LogP contribution in [0.4, 0.5) is 5.69 Å². The molecule has 0 aliphatic carbocycles. The predicted molar refractivity (Wildman–Crippen MR) is 98.0 cm³/mol. The quantitative estimate of drug-likeness (QED) is 0.758. The highest BCUT2D eigenvalue weighted by Gasteiger charge is 2.15. The van der Waals surface area contributed by atoms with Gasteiger partial charge in [0.1, 0.15) is 0 Å². The molecule has 22 heavy (non-hydrogen) atoms. The van der Waals surface area contributed by atoms with Crippen molar-refractivity contribution in [2.75, 3.05) is 5.32 Å². The molecular formula is C17H22IN3O. The Bertz CT molecular complexity index is 677. The zero-order valence-corrected chi connectivity index (χ0v) is 15.6. The third-order valence-corrected chi connectivity index (χ3v) is 4.19. The molecule has 0 spiro atoms. The summed E-state index contributed by atoms with van der Waals surface area (Å²) in [6.07, 6.45) is 0.362. The van der Waals surface area contributed by atoms with Gasteiger partial charge in [-0.25, -0.2) is 0 Å². The van der Waals surface area contributed by atoms with Crippen LogP contribution in [0.3, 0.4) is 0 Å². The van der Waals surface area contributed by atoms with Crippen molar-refractivity contribution in [1.82, 2.24) is 9.78 Å². The van der Waals surface area contributed by atoms with Crippen LogP contribution in [0.5, 0.6) is 0 Å². The molecule has 1 aromatic heterocycles. The molecule has 0 atom stereocenters. The molecule has 1 heterocycles. The van der Waals surface area contributed by atoms with E-state index in [-0.39, 0.29) is 5.91 Å². The molecule has 0 saturated carbocycles. The lowest BCUT2D eigenvalue weighted by molar-refractivity contribution is -0.115. The number of rotatable bonds is 5. The summed E-state index contributed by atoms with van der Waals surface area (Å²) in [4.78, 5) is 12.3. The molecule has 1 aromatic carbocycles. The van der Waals surface area contributed by atoms with Gasteiger partial charge in [0.2, 0.25) is 5.91 Å². The molecule has 0 bridgehead atoms. The van der Waals surface area contributed by atoms with Gasteiger partial charge in [0.25, 0.3) is 0 Å². The maximum absolute atomic E-state index is 12.3. The van der Waals surface area contributed by atoms with Crippen molar-refractivity contribution >= 4 is 34.2 Å². The van der Waals surface area contributed by atoms with Crippen LogP contribution >= 0.6 is 22.6 Å². The largest absolute Gasteiger partial charge is 0.326 e. The minimum atomic E-state index is -0.00250. The SMILES string of the molecule is Cc1nn(CC(C)C)c(C)c1CC(=O)Nc1cccc(I)c1. The summed E-state index contributed by atoms with van der Waals surface area (Å²) in [5.74, 6) is 0.531. The standard InChI is InChI=1S/C17H22IN3O/c1-11(2)10-21-13(4)16(12(3)20-21)9-17(22)19-15-7-5-6-14(18)8-15/h5-8,11H,9-10H2,1-4H3,(H,19,22). The number of halogens is 1. The summed E-state index contributed by atoms with van der Waals surface area (Å²) in [7, 11) is 0.